The van der Waals surface area contributed by atoms with Crippen molar-refractivity contribution in [1.82, 2.24) is 23.7 Å². The Morgan fingerprint density at radius 3 is 1.30 bits per heavy atom. The average molecular weight is 790 g/mol. The van der Waals surface area contributed by atoms with E-state index < -0.39 is 0 Å². The molecule has 5 heterocycles. The number of benzene rings is 6. The summed E-state index contributed by atoms with van der Waals surface area (Å²) in [5.41, 5.74) is 8.45. The van der Waals surface area contributed by atoms with Crippen molar-refractivity contribution in [3.8, 4) is 29.5 Å². The van der Waals surface area contributed by atoms with Crippen LogP contribution in [-0.2, 0) is 0 Å². The Kier molecular flexibility index (Phi) is 9.18. The molecule has 0 aliphatic carbocycles. The average Bonchev–Trinajstić information content (AvgIpc) is 3.96. The number of nitrogens with zero attached hydrogens (tertiary/aromatic N) is 7. The third-order valence-electron chi connectivity index (χ3n) is 10.9. The zero-order chi connectivity index (χ0) is 40.7. The van der Waals surface area contributed by atoms with Crippen molar-refractivity contribution in [3.05, 3.63) is 187 Å². The second-order valence-corrected chi connectivity index (χ2v) is 15.5. The van der Waals surface area contributed by atoms with E-state index in [0.717, 1.165) is 92.5 Å². The van der Waals surface area contributed by atoms with Crippen LogP contribution in [0.2, 0.25) is 0 Å². The molecule has 0 atom stereocenters. The fraction of sp³-hybridized carbons (Fsp3) is 0.0385. The van der Waals surface area contributed by atoms with Crippen LogP contribution in [0.25, 0.3) is 82.7 Å². The second-order valence-electron chi connectivity index (χ2n) is 14.3. The maximum Gasteiger partial charge on any atom is 0.137 e. The van der Waals surface area contributed by atoms with E-state index in [-0.39, 0.29) is 0 Å². The number of nitriles is 2. The number of allylic oxidation sites excluding steroid dienone is 2. The first-order valence-corrected chi connectivity index (χ1v) is 20.5. The summed E-state index contributed by atoms with van der Waals surface area (Å²) in [7, 11) is 0. The van der Waals surface area contributed by atoms with Crippen LogP contribution >= 0.6 is 11.8 Å². The highest BCUT2D eigenvalue weighted by Crippen LogP contribution is 2.50. The Labute approximate surface area is 350 Å². The Morgan fingerprint density at radius 2 is 0.883 bits per heavy atom. The molecule has 0 saturated carbocycles. The van der Waals surface area contributed by atoms with Gasteiger partial charge in [0, 0.05) is 60.2 Å². The van der Waals surface area contributed by atoms with Crippen LogP contribution in [0.15, 0.2) is 186 Å². The van der Waals surface area contributed by atoms with Crippen LogP contribution < -0.4 is 0 Å². The molecule has 5 aromatic heterocycles. The van der Waals surface area contributed by atoms with Crippen LogP contribution in [0.5, 0.6) is 0 Å². The lowest BCUT2D eigenvalue weighted by atomic mass is 10.0. The van der Waals surface area contributed by atoms with Crippen LogP contribution in [-0.4, -0.2) is 23.7 Å². The van der Waals surface area contributed by atoms with Gasteiger partial charge in [-0.2, -0.15) is 10.5 Å². The molecular weight excluding hydrogens is 755 g/mol. The summed E-state index contributed by atoms with van der Waals surface area (Å²) in [6.07, 6.45) is 7.72. The Morgan fingerprint density at radius 1 is 0.467 bits per heavy atom. The van der Waals surface area contributed by atoms with Crippen molar-refractivity contribution in [1.29, 1.82) is 10.5 Å². The predicted octanol–water partition coefficient (Wildman–Crippen LogP) is 13.2. The lowest BCUT2D eigenvalue weighted by Gasteiger charge is -2.13. The normalized spacial score (nSPS) is 11.5. The van der Waals surface area contributed by atoms with Gasteiger partial charge in [0.05, 0.1) is 56.4 Å². The molecule has 0 spiro atoms. The molecule has 0 unspecified atom stereocenters. The van der Waals surface area contributed by atoms with Gasteiger partial charge in [-0.25, -0.2) is 9.97 Å². The van der Waals surface area contributed by atoms with Gasteiger partial charge in [-0.15, -0.1) is 0 Å². The molecule has 284 valence electrons. The Hall–Kier alpha value is -7.91. The molecule has 0 radical (unpaired) electrons. The summed E-state index contributed by atoms with van der Waals surface area (Å²) in [6, 6.07) is 56.3. The fourth-order valence-corrected chi connectivity index (χ4v) is 9.37. The van der Waals surface area contributed by atoms with E-state index >= 15 is 0 Å². The van der Waals surface area contributed by atoms with Gasteiger partial charge in [0.1, 0.15) is 11.6 Å². The molecule has 60 heavy (non-hydrogen) atoms. The summed E-state index contributed by atoms with van der Waals surface area (Å²) in [6.45, 7) is 4.00. The molecule has 0 aliphatic rings. The van der Waals surface area contributed by atoms with Gasteiger partial charge in [0.2, 0.25) is 0 Å². The van der Waals surface area contributed by atoms with Gasteiger partial charge in [-0.1, -0.05) is 90.6 Å². The second kappa shape index (κ2) is 15.1. The molecular formula is C52H35N7S. The first-order chi connectivity index (χ1) is 29.6. The summed E-state index contributed by atoms with van der Waals surface area (Å²) in [5.74, 6) is 1.69. The van der Waals surface area contributed by atoms with Crippen molar-refractivity contribution in [2.45, 2.75) is 23.6 Å². The fourth-order valence-electron chi connectivity index (χ4n) is 8.45. The number of fused-ring (bicyclic) bond motifs is 12. The first-order valence-electron chi connectivity index (χ1n) is 19.7. The molecule has 0 amide bonds. The highest BCUT2D eigenvalue weighted by Gasteiger charge is 2.29. The Balaban J connectivity index is 0.00000104. The SMILES string of the molecule is C/C=C\C.N#Cc1cc(C#N)cc(Sc2ccc(-n3c4ccccc4c4c3c3c5ccccc5n(-c5ccccn5)c3c3c5ccccc5n(-c5ccccn5)c43)cc2)c1. The Bertz CT molecular complexity index is 3440. The topological polar surface area (TPSA) is 88.1 Å². The lowest BCUT2D eigenvalue weighted by Crippen LogP contribution is -1.99. The van der Waals surface area contributed by atoms with Crippen LogP contribution in [0.4, 0.5) is 0 Å². The van der Waals surface area contributed by atoms with Crippen LogP contribution in [0.3, 0.4) is 0 Å². The molecule has 8 heteroatoms. The third-order valence-corrected chi connectivity index (χ3v) is 11.9. The minimum atomic E-state index is 0.469. The van der Waals surface area contributed by atoms with Gasteiger partial charge in [-0.05, 0) is 98.8 Å². The minimum Gasteiger partial charge on any atom is -0.308 e. The molecule has 7 nitrogen and oxygen atoms in total. The lowest BCUT2D eigenvalue weighted by molar-refractivity contribution is 1.08. The quantitative estimate of drug-likeness (QED) is 0.162. The maximum absolute atomic E-state index is 9.58. The van der Waals surface area contributed by atoms with Crippen molar-refractivity contribution in [2.75, 3.05) is 0 Å². The van der Waals surface area contributed by atoms with Crippen LogP contribution in [0, 0.1) is 22.7 Å². The number of aromatic nitrogens is 5. The van der Waals surface area contributed by atoms with Crippen LogP contribution in [0.1, 0.15) is 25.0 Å². The van der Waals surface area contributed by atoms with Gasteiger partial charge < -0.3 is 4.57 Å². The standard InChI is InChI=1S/C48H27N7S.C4H8/c49-28-30-25-31(29-50)27-34(26-30)56-33-21-19-32(20-22-33)53-38-14-4-1-11-35(38)43-46(53)44-36-12-2-5-15-39(36)54(41-17-7-9-23-51-41)48(44)45-37-13-3-6-16-40(37)55(47(43)45)42-18-8-10-24-52-42;1-3-4-2/h1-27H;3-4H,1-2H3/b;4-3-. The maximum atomic E-state index is 9.58. The first kappa shape index (κ1) is 36.4. The van der Waals surface area contributed by atoms with Gasteiger partial charge in [0.25, 0.3) is 0 Å². The molecule has 0 fully saturated rings. The summed E-state index contributed by atoms with van der Waals surface area (Å²) in [5, 5.41) is 26.0. The van der Waals surface area contributed by atoms with Gasteiger partial charge >= 0.3 is 0 Å². The summed E-state index contributed by atoms with van der Waals surface area (Å²) >= 11 is 1.54. The van der Waals surface area contributed by atoms with E-state index in [1.54, 1.807) is 6.07 Å². The highest BCUT2D eigenvalue weighted by atomic mass is 32.2. The molecule has 6 aromatic carbocycles. The number of para-hydroxylation sites is 3. The number of hydrogen-bond donors (Lipinski definition) is 0. The zero-order valence-corrected chi connectivity index (χ0v) is 33.6. The minimum absolute atomic E-state index is 0.469. The van der Waals surface area contributed by atoms with Crippen molar-refractivity contribution in [3.63, 3.8) is 0 Å². The number of rotatable bonds is 5. The van der Waals surface area contributed by atoms with Gasteiger partial charge in [-0.3, -0.25) is 9.13 Å². The van der Waals surface area contributed by atoms with E-state index in [9.17, 15) is 10.5 Å². The molecule has 11 aromatic rings. The van der Waals surface area contributed by atoms with Crippen molar-refractivity contribution < 1.29 is 0 Å². The van der Waals surface area contributed by atoms with E-state index in [0.29, 0.717) is 11.1 Å². The van der Waals surface area contributed by atoms with E-state index in [1.165, 1.54) is 11.8 Å². The number of hydrogen-bond acceptors (Lipinski definition) is 5. The molecule has 0 N–H and O–H groups in total. The van der Waals surface area contributed by atoms with E-state index in [4.69, 9.17) is 9.97 Å². The van der Waals surface area contributed by atoms with E-state index in [2.05, 4.69) is 135 Å². The molecule has 0 aliphatic heterocycles. The van der Waals surface area contributed by atoms with E-state index in [1.807, 2.05) is 74.8 Å². The predicted molar refractivity (Wildman–Crippen MR) is 246 cm³/mol. The number of pyridine rings is 2. The molecule has 0 bridgehead atoms. The zero-order valence-electron chi connectivity index (χ0n) is 32.8. The van der Waals surface area contributed by atoms with Crippen molar-refractivity contribution in [2.24, 2.45) is 0 Å². The monoisotopic (exact) mass is 789 g/mol. The molecule has 11 rings (SSSR count). The van der Waals surface area contributed by atoms with Gasteiger partial charge in [0.15, 0.2) is 0 Å². The third kappa shape index (κ3) is 5.81. The largest absolute Gasteiger partial charge is 0.308 e. The molecule has 0 saturated heterocycles. The smallest absolute Gasteiger partial charge is 0.137 e. The summed E-state index contributed by atoms with van der Waals surface area (Å²) < 4.78 is 7.06. The van der Waals surface area contributed by atoms with Crippen molar-refractivity contribution >= 4 is 77.2 Å². The summed E-state index contributed by atoms with van der Waals surface area (Å²) in [4.78, 5) is 11.7. The highest BCUT2D eigenvalue weighted by molar-refractivity contribution is 7.99.